The van der Waals surface area contributed by atoms with E-state index in [0.717, 1.165) is 5.56 Å². The molecule has 1 aromatic heterocycles. The smallest absolute Gasteiger partial charge is 0.241 e. The van der Waals surface area contributed by atoms with E-state index in [1.807, 2.05) is 0 Å². The van der Waals surface area contributed by atoms with Gasteiger partial charge in [-0.05, 0) is 45.3 Å². The fraction of sp³-hybridized carbons (Fsp3) is 0.154. The van der Waals surface area contributed by atoms with Crippen molar-refractivity contribution in [2.75, 3.05) is 0 Å². The predicted molar refractivity (Wildman–Crippen MR) is 78.3 cm³/mol. The summed E-state index contributed by atoms with van der Waals surface area (Å²) in [7, 11) is -3.62. The number of rotatable bonds is 5. The second kappa shape index (κ2) is 6.45. The minimum Gasteiger partial charge on any atom is -0.392 e. The predicted octanol–water partition coefficient (Wildman–Crippen LogP) is 1.81. The Kier molecular flexibility index (Phi) is 4.87. The Labute approximate surface area is 125 Å². The normalized spacial score (nSPS) is 11.5. The van der Waals surface area contributed by atoms with Crippen molar-refractivity contribution in [3.8, 4) is 0 Å². The number of hydrogen-bond acceptors (Lipinski definition) is 4. The van der Waals surface area contributed by atoms with E-state index in [1.54, 1.807) is 36.7 Å². The molecule has 0 saturated carbocycles. The van der Waals surface area contributed by atoms with Crippen molar-refractivity contribution in [1.82, 2.24) is 9.71 Å². The first kappa shape index (κ1) is 15.1. The lowest BCUT2D eigenvalue weighted by atomic mass is 10.2. The molecule has 7 heteroatoms. The van der Waals surface area contributed by atoms with Gasteiger partial charge in [0.15, 0.2) is 0 Å². The number of nitrogens with one attached hydrogen (secondary N) is 1. The van der Waals surface area contributed by atoms with Gasteiger partial charge in [0.25, 0.3) is 0 Å². The number of pyridine rings is 1. The summed E-state index contributed by atoms with van der Waals surface area (Å²) >= 11 is 3.21. The van der Waals surface area contributed by atoms with Crippen LogP contribution in [-0.4, -0.2) is 18.5 Å². The van der Waals surface area contributed by atoms with Crippen LogP contribution < -0.4 is 4.72 Å². The Morgan fingerprint density at radius 1 is 1.25 bits per heavy atom. The third kappa shape index (κ3) is 3.63. The average Bonchev–Trinajstić information content (AvgIpc) is 2.46. The maximum atomic E-state index is 12.2. The van der Waals surface area contributed by atoms with Crippen molar-refractivity contribution < 1.29 is 13.5 Å². The van der Waals surface area contributed by atoms with Crippen LogP contribution in [0, 0.1) is 0 Å². The van der Waals surface area contributed by atoms with Gasteiger partial charge in [-0.3, -0.25) is 4.98 Å². The Balaban J connectivity index is 2.18. The van der Waals surface area contributed by atoms with E-state index in [1.165, 1.54) is 6.07 Å². The van der Waals surface area contributed by atoms with Gasteiger partial charge in [-0.1, -0.05) is 12.1 Å². The van der Waals surface area contributed by atoms with Crippen LogP contribution in [0.3, 0.4) is 0 Å². The Bertz CT molecular complexity index is 690. The lowest BCUT2D eigenvalue weighted by Gasteiger charge is -2.09. The average molecular weight is 357 g/mol. The van der Waals surface area contributed by atoms with Crippen LogP contribution in [-0.2, 0) is 23.2 Å². The maximum absolute atomic E-state index is 12.2. The molecule has 0 fully saturated rings. The van der Waals surface area contributed by atoms with Crippen LogP contribution in [0.4, 0.5) is 0 Å². The summed E-state index contributed by atoms with van der Waals surface area (Å²) in [5.74, 6) is 0. The van der Waals surface area contributed by atoms with Crippen LogP contribution in [0.2, 0.25) is 0 Å². The number of aromatic nitrogens is 1. The number of aliphatic hydroxyl groups excluding tert-OH is 1. The molecule has 2 rings (SSSR count). The molecule has 106 valence electrons. The largest absolute Gasteiger partial charge is 0.392 e. The molecule has 1 heterocycles. The molecule has 0 aliphatic rings. The zero-order chi connectivity index (χ0) is 14.6. The number of nitrogens with zero attached hydrogens (tertiary/aromatic N) is 1. The van der Waals surface area contributed by atoms with E-state index in [9.17, 15) is 8.42 Å². The van der Waals surface area contributed by atoms with E-state index >= 15 is 0 Å². The summed E-state index contributed by atoms with van der Waals surface area (Å²) < 4.78 is 27.3. The molecule has 0 unspecified atom stereocenters. The van der Waals surface area contributed by atoms with Crippen LogP contribution in [0.15, 0.2) is 52.1 Å². The SMILES string of the molecule is O=S(=O)(NCc1cccnc1)c1ccc(CO)cc1Br. The fourth-order valence-electron chi connectivity index (χ4n) is 1.62. The molecule has 0 atom stereocenters. The van der Waals surface area contributed by atoms with Gasteiger partial charge >= 0.3 is 0 Å². The van der Waals surface area contributed by atoms with Gasteiger partial charge in [0.1, 0.15) is 0 Å². The molecule has 1 aromatic carbocycles. The van der Waals surface area contributed by atoms with Gasteiger partial charge < -0.3 is 5.11 Å². The van der Waals surface area contributed by atoms with E-state index in [2.05, 4.69) is 25.6 Å². The highest BCUT2D eigenvalue weighted by molar-refractivity contribution is 9.10. The van der Waals surface area contributed by atoms with Crippen LogP contribution in [0.25, 0.3) is 0 Å². The topological polar surface area (TPSA) is 79.3 Å². The first-order valence-electron chi connectivity index (χ1n) is 5.81. The molecular formula is C13H13BrN2O3S. The van der Waals surface area contributed by atoms with Gasteiger partial charge in [-0.15, -0.1) is 0 Å². The zero-order valence-electron chi connectivity index (χ0n) is 10.5. The van der Waals surface area contributed by atoms with Crippen LogP contribution in [0.1, 0.15) is 11.1 Å². The lowest BCUT2D eigenvalue weighted by Crippen LogP contribution is -2.23. The molecule has 2 aromatic rings. The Morgan fingerprint density at radius 3 is 2.65 bits per heavy atom. The molecular weight excluding hydrogens is 344 g/mol. The summed E-state index contributed by atoms with van der Waals surface area (Å²) in [6.07, 6.45) is 3.23. The third-order valence-corrected chi connectivity index (χ3v) is 5.04. The lowest BCUT2D eigenvalue weighted by molar-refractivity contribution is 0.281. The number of sulfonamides is 1. The Morgan fingerprint density at radius 2 is 2.05 bits per heavy atom. The summed E-state index contributed by atoms with van der Waals surface area (Å²) in [6.45, 7) is 0.0341. The van der Waals surface area contributed by atoms with E-state index in [4.69, 9.17) is 5.11 Å². The van der Waals surface area contributed by atoms with Gasteiger partial charge in [0.05, 0.1) is 11.5 Å². The molecule has 20 heavy (non-hydrogen) atoms. The Hall–Kier alpha value is -1.28. The molecule has 0 radical (unpaired) electrons. The molecule has 2 N–H and O–H groups in total. The van der Waals surface area contributed by atoms with Crippen molar-refractivity contribution in [1.29, 1.82) is 0 Å². The molecule has 5 nitrogen and oxygen atoms in total. The van der Waals surface area contributed by atoms with Crippen LogP contribution in [0.5, 0.6) is 0 Å². The van der Waals surface area contributed by atoms with Crippen molar-refractivity contribution in [3.05, 3.63) is 58.3 Å². The first-order valence-corrected chi connectivity index (χ1v) is 8.08. The highest BCUT2D eigenvalue weighted by Gasteiger charge is 2.17. The quantitative estimate of drug-likeness (QED) is 0.856. The van der Waals surface area contributed by atoms with Crippen LogP contribution >= 0.6 is 15.9 Å². The fourth-order valence-corrected chi connectivity index (χ4v) is 3.76. The van der Waals surface area contributed by atoms with Gasteiger partial charge in [0, 0.05) is 23.4 Å². The minimum absolute atomic E-state index is 0.137. The van der Waals surface area contributed by atoms with Crippen molar-refractivity contribution in [2.24, 2.45) is 0 Å². The van der Waals surface area contributed by atoms with Gasteiger partial charge in [-0.25, -0.2) is 13.1 Å². The standard InChI is InChI=1S/C13H13BrN2O3S/c14-12-6-10(9-17)3-4-13(12)20(18,19)16-8-11-2-1-5-15-7-11/h1-7,16-17H,8-9H2. The monoisotopic (exact) mass is 356 g/mol. The first-order chi connectivity index (χ1) is 9.53. The molecule has 0 saturated heterocycles. The summed E-state index contributed by atoms with van der Waals surface area (Å²) in [4.78, 5) is 4.06. The number of benzene rings is 1. The third-order valence-electron chi connectivity index (χ3n) is 2.66. The molecule has 0 bridgehead atoms. The van der Waals surface area contributed by atoms with E-state index < -0.39 is 10.0 Å². The van der Waals surface area contributed by atoms with E-state index in [-0.39, 0.29) is 18.0 Å². The molecule has 0 aliphatic carbocycles. The summed E-state index contributed by atoms with van der Waals surface area (Å²) in [5.41, 5.74) is 1.42. The summed E-state index contributed by atoms with van der Waals surface area (Å²) in [6, 6.07) is 8.15. The minimum atomic E-state index is -3.62. The highest BCUT2D eigenvalue weighted by atomic mass is 79.9. The molecule has 0 amide bonds. The zero-order valence-corrected chi connectivity index (χ0v) is 12.9. The second-order valence-corrected chi connectivity index (χ2v) is 6.70. The number of halogens is 1. The molecule has 0 aliphatic heterocycles. The van der Waals surface area contributed by atoms with Gasteiger partial charge in [-0.2, -0.15) is 0 Å². The summed E-state index contributed by atoms with van der Waals surface area (Å²) in [5, 5.41) is 9.01. The van der Waals surface area contributed by atoms with Crippen molar-refractivity contribution >= 4 is 26.0 Å². The number of hydrogen-bond donors (Lipinski definition) is 2. The van der Waals surface area contributed by atoms with E-state index in [0.29, 0.717) is 10.0 Å². The van der Waals surface area contributed by atoms with Crippen molar-refractivity contribution in [2.45, 2.75) is 18.0 Å². The van der Waals surface area contributed by atoms with Gasteiger partial charge in [0.2, 0.25) is 10.0 Å². The van der Waals surface area contributed by atoms with Crippen molar-refractivity contribution in [3.63, 3.8) is 0 Å². The molecule has 0 spiro atoms. The maximum Gasteiger partial charge on any atom is 0.241 e. The highest BCUT2D eigenvalue weighted by Crippen LogP contribution is 2.23. The number of aliphatic hydroxyl groups is 1. The second-order valence-electron chi connectivity index (χ2n) is 4.11.